The molecule has 3 heteroatoms. The summed E-state index contributed by atoms with van der Waals surface area (Å²) >= 11 is 3.42. The maximum atomic E-state index is 5.74. The lowest BCUT2D eigenvalue weighted by atomic mass is 10.1. The van der Waals surface area contributed by atoms with Gasteiger partial charge in [-0.25, -0.2) is 0 Å². The van der Waals surface area contributed by atoms with E-state index in [0.29, 0.717) is 6.61 Å². The summed E-state index contributed by atoms with van der Waals surface area (Å²) in [5, 5.41) is 3.33. The zero-order chi connectivity index (χ0) is 13.7. The highest BCUT2D eigenvalue weighted by molar-refractivity contribution is 9.10. The number of nitrogens with one attached hydrogen (secondary N) is 1. The zero-order valence-corrected chi connectivity index (χ0v) is 12.8. The summed E-state index contributed by atoms with van der Waals surface area (Å²) in [5.74, 6) is 0.940. The van der Waals surface area contributed by atoms with Crippen LogP contribution in [0.15, 0.2) is 46.9 Å². The van der Waals surface area contributed by atoms with Crippen LogP contribution in [-0.2, 0) is 0 Å². The first kappa shape index (κ1) is 13.9. The van der Waals surface area contributed by atoms with Crippen LogP contribution in [0.3, 0.4) is 0 Å². The van der Waals surface area contributed by atoms with Crippen LogP contribution in [0.4, 0.5) is 5.69 Å². The molecule has 1 N–H and O–H groups in total. The van der Waals surface area contributed by atoms with E-state index in [1.807, 2.05) is 24.3 Å². The number of hydrogen-bond donors (Lipinski definition) is 1. The molecule has 0 spiro atoms. The van der Waals surface area contributed by atoms with Crippen molar-refractivity contribution in [1.82, 2.24) is 0 Å². The molecule has 2 nitrogen and oxygen atoms in total. The van der Waals surface area contributed by atoms with E-state index in [1.165, 1.54) is 11.1 Å². The molecule has 0 unspecified atom stereocenters. The Kier molecular flexibility index (Phi) is 4.86. The minimum atomic E-state index is 0.652. The van der Waals surface area contributed by atoms with Gasteiger partial charge in [-0.2, -0.15) is 0 Å². The molecule has 0 bridgehead atoms. The molecular formula is C16H18BrNO. The fourth-order valence-corrected chi connectivity index (χ4v) is 2.21. The van der Waals surface area contributed by atoms with Crippen molar-refractivity contribution < 1.29 is 4.74 Å². The highest BCUT2D eigenvalue weighted by Crippen LogP contribution is 2.16. The second-order valence-electron chi connectivity index (χ2n) is 4.61. The van der Waals surface area contributed by atoms with Gasteiger partial charge >= 0.3 is 0 Å². The first-order valence-corrected chi connectivity index (χ1v) is 7.13. The number of hydrogen-bond acceptors (Lipinski definition) is 2. The van der Waals surface area contributed by atoms with Gasteiger partial charge in [0, 0.05) is 16.7 Å². The van der Waals surface area contributed by atoms with E-state index in [1.54, 1.807) is 0 Å². The molecule has 2 rings (SSSR count). The van der Waals surface area contributed by atoms with E-state index >= 15 is 0 Å². The van der Waals surface area contributed by atoms with Gasteiger partial charge in [0.1, 0.15) is 12.4 Å². The van der Waals surface area contributed by atoms with Crippen molar-refractivity contribution in [2.24, 2.45) is 0 Å². The van der Waals surface area contributed by atoms with Crippen molar-refractivity contribution in [3.8, 4) is 5.75 Å². The topological polar surface area (TPSA) is 21.3 Å². The standard InChI is InChI=1S/C16H18BrNO/c1-12-9-13(2)11-16(10-12)19-8-7-18-15-5-3-14(17)4-6-15/h3-6,9-11,18H,7-8H2,1-2H3. The number of anilines is 1. The molecule has 0 fully saturated rings. The van der Waals surface area contributed by atoms with Gasteiger partial charge in [-0.15, -0.1) is 0 Å². The number of aryl methyl sites for hydroxylation is 2. The lowest BCUT2D eigenvalue weighted by molar-refractivity contribution is 0.332. The van der Waals surface area contributed by atoms with E-state index in [-0.39, 0.29) is 0 Å². The van der Waals surface area contributed by atoms with Gasteiger partial charge in [0.05, 0.1) is 0 Å². The number of ether oxygens (including phenoxy) is 1. The molecule has 0 aliphatic rings. The average Bonchev–Trinajstić information content (AvgIpc) is 2.36. The third-order valence-electron chi connectivity index (χ3n) is 2.74. The van der Waals surface area contributed by atoms with Crippen molar-refractivity contribution in [2.75, 3.05) is 18.5 Å². The van der Waals surface area contributed by atoms with E-state index in [2.05, 4.69) is 53.3 Å². The first-order chi connectivity index (χ1) is 9.13. The second kappa shape index (κ2) is 6.62. The van der Waals surface area contributed by atoms with Crippen molar-refractivity contribution in [2.45, 2.75) is 13.8 Å². The molecule has 0 saturated carbocycles. The van der Waals surface area contributed by atoms with Gasteiger partial charge in [-0.1, -0.05) is 22.0 Å². The molecule has 100 valence electrons. The summed E-state index contributed by atoms with van der Waals surface area (Å²) in [4.78, 5) is 0. The van der Waals surface area contributed by atoms with Crippen LogP contribution in [0.5, 0.6) is 5.75 Å². The van der Waals surface area contributed by atoms with Crippen LogP contribution in [0.2, 0.25) is 0 Å². The molecule has 0 aliphatic carbocycles. The second-order valence-corrected chi connectivity index (χ2v) is 5.52. The monoisotopic (exact) mass is 319 g/mol. The third kappa shape index (κ3) is 4.60. The fourth-order valence-electron chi connectivity index (χ4n) is 1.95. The summed E-state index contributed by atoms with van der Waals surface area (Å²) in [5.41, 5.74) is 3.57. The predicted octanol–water partition coefficient (Wildman–Crippen LogP) is 4.56. The SMILES string of the molecule is Cc1cc(C)cc(OCCNc2ccc(Br)cc2)c1. The van der Waals surface area contributed by atoms with Gasteiger partial charge < -0.3 is 10.1 Å². The smallest absolute Gasteiger partial charge is 0.119 e. The Labute approximate surface area is 122 Å². The lowest BCUT2D eigenvalue weighted by Crippen LogP contribution is -2.11. The Balaban J connectivity index is 1.79. The summed E-state index contributed by atoms with van der Waals surface area (Å²) in [6.45, 7) is 5.60. The molecule has 0 amide bonds. The Morgan fingerprint density at radius 1 is 1.00 bits per heavy atom. The van der Waals surface area contributed by atoms with Crippen LogP contribution in [0.25, 0.3) is 0 Å². The summed E-state index contributed by atoms with van der Waals surface area (Å²) in [7, 11) is 0. The molecule has 2 aromatic carbocycles. The minimum absolute atomic E-state index is 0.652. The van der Waals surface area contributed by atoms with E-state index in [4.69, 9.17) is 4.74 Å². The molecule has 0 radical (unpaired) electrons. The zero-order valence-electron chi connectivity index (χ0n) is 11.2. The predicted molar refractivity (Wildman–Crippen MR) is 84.0 cm³/mol. The van der Waals surface area contributed by atoms with Crippen molar-refractivity contribution in [3.05, 3.63) is 58.1 Å². The molecule has 0 saturated heterocycles. The van der Waals surface area contributed by atoms with Crippen LogP contribution in [-0.4, -0.2) is 13.2 Å². The molecule has 0 aliphatic heterocycles. The summed E-state index contributed by atoms with van der Waals surface area (Å²) in [6, 6.07) is 14.4. The fraction of sp³-hybridized carbons (Fsp3) is 0.250. The molecular weight excluding hydrogens is 302 g/mol. The maximum Gasteiger partial charge on any atom is 0.119 e. The van der Waals surface area contributed by atoms with Gasteiger partial charge in [-0.3, -0.25) is 0 Å². The number of halogens is 1. The van der Waals surface area contributed by atoms with E-state index < -0.39 is 0 Å². The van der Waals surface area contributed by atoms with Gasteiger partial charge in [-0.05, 0) is 61.4 Å². The number of benzene rings is 2. The minimum Gasteiger partial charge on any atom is -0.492 e. The lowest BCUT2D eigenvalue weighted by Gasteiger charge is -2.10. The van der Waals surface area contributed by atoms with Crippen LogP contribution in [0, 0.1) is 13.8 Å². The number of rotatable bonds is 5. The van der Waals surface area contributed by atoms with Crippen molar-refractivity contribution >= 4 is 21.6 Å². The summed E-state index contributed by atoms with van der Waals surface area (Å²) in [6.07, 6.45) is 0. The molecule has 0 aromatic heterocycles. The Morgan fingerprint density at radius 3 is 2.26 bits per heavy atom. The first-order valence-electron chi connectivity index (χ1n) is 6.34. The van der Waals surface area contributed by atoms with Gasteiger partial charge in [0.25, 0.3) is 0 Å². The van der Waals surface area contributed by atoms with Gasteiger partial charge in [0.2, 0.25) is 0 Å². The summed E-state index contributed by atoms with van der Waals surface area (Å²) < 4.78 is 6.83. The molecule has 0 atom stereocenters. The molecule has 19 heavy (non-hydrogen) atoms. The molecule has 2 aromatic rings. The maximum absolute atomic E-state index is 5.74. The van der Waals surface area contributed by atoms with Crippen molar-refractivity contribution in [3.63, 3.8) is 0 Å². The van der Waals surface area contributed by atoms with E-state index in [9.17, 15) is 0 Å². The Hall–Kier alpha value is -1.48. The van der Waals surface area contributed by atoms with Gasteiger partial charge in [0.15, 0.2) is 0 Å². The largest absolute Gasteiger partial charge is 0.492 e. The average molecular weight is 320 g/mol. The Bertz CT molecular complexity index is 517. The normalized spacial score (nSPS) is 10.3. The third-order valence-corrected chi connectivity index (χ3v) is 3.27. The highest BCUT2D eigenvalue weighted by Gasteiger charge is 1.97. The van der Waals surface area contributed by atoms with Crippen LogP contribution < -0.4 is 10.1 Å². The quantitative estimate of drug-likeness (QED) is 0.816. The van der Waals surface area contributed by atoms with Crippen LogP contribution >= 0.6 is 15.9 Å². The van der Waals surface area contributed by atoms with Crippen LogP contribution in [0.1, 0.15) is 11.1 Å². The highest BCUT2D eigenvalue weighted by atomic mass is 79.9. The molecule has 0 heterocycles. The van der Waals surface area contributed by atoms with E-state index in [0.717, 1.165) is 22.5 Å². The Morgan fingerprint density at radius 2 is 1.63 bits per heavy atom. The van der Waals surface area contributed by atoms with Crippen molar-refractivity contribution in [1.29, 1.82) is 0 Å².